The predicted octanol–water partition coefficient (Wildman–Crippen LogP) is 2.97. The second-order valence-electron chi connectivity index (χ2n) is 6.92. The summed E-state index contributed by atoms with van der Waals surface area (Å²) in [6, 6.07) is 6.26. The number of anilines is 1. The molecule has 0 atom stereocenters. The van der Waals surface area contributed by atoms with Gasteiger partial charge in [0.05, 0.1) is 23.3 Å². The average Bonchev–Trinajstić information content (AvgIpc) is 2.79. The van der Waals surface area contributed by atoms with Crippen LogP contribution in [0.4, 0.5) is 10.5 Å². The van der Waals surface area contributed by atoms with Crippen LogP contribution in [0.5, 0.6) is 0 Å². The Kier molecular flexibility index (Phi) is 5.08. The first kappa shape index (κ1) is 17.5. The number of urea groups is 1. The minimum absolute atomic E-state index is 0.0427. The van der Waals surface area contributed by atoms with Gasteiger partial charge in [0.1, 0.15) is 0 Å². The molecule has 0 spiro atoms. The molecule has 3 rings (SSSR count). The Morgan fingerprint density at radius 2 is 1.92 bits per heavy atom. The minimum atomic E-state index is -0.0427. The summed E-state index contributed by atoms with van der Waals surface area (Å²) in [5.41, 5.74) is 5.10. The van der Waals surface area contributed by atoms with E-state index in [1.165, 1.54) is 5.56 Å². The third-order valence-electron chi connectivity index (χ3n) is 4.85. The number of hydrogen-bond donors (Lipinski definition) is 1. The van der Waals surface area contributed by atoms with E-state index in [-0.39, 0.29) is 6.03 Å². The van der Waals surface area contributed by atoms with Crippen molar-refractivity contribution in [2.75, 3.05) is 38.5 Å². The zero-order valence-corrected chi connectivity index (χ0v) is 15.5. The molecule has 6 heteroatoms. The molecule has 0 radical (unpaired) electrons. The highest BCUT2D eigenvalue weighted by molar-refractivity contribution is 5.89. The molecule has 6 nitrogen and oxygen atoms in total. The summed E-state index contributed by atoms with van der Waals surface area (Å²) >= 11 is 0. The molecule has 25 heavy (non-hydrogen) atoms. The number of aryl methyl sites for hydroxylation is 2. The number of benzene rings is 1. The van der Waals surface area contributed by atoms with E-state index in [1.54, 1.807) is 6.20 Å². The maximum Gasteiger partial charge on any atom is 0.321 e. The molecule has 1 N–H and O–H groups in total. The van der Waals surface area contributed by atoms with Crippen molar-refractivity contribution in [3.8, 4) is 5.69 Å². The first-order valence-corrected chi connectivity index (χ1v) is 8.82. The largest absolute Gasteiger partial charge is 0.323 e. The highest BCUT2D eigenvalue weighted by Crippen LogP contribution is 2.22. The second kappa shape index (κ2) is 7.27. The Bertz CT molecular complexity index is 767. The zero-order chi connectivity index (χ0) is 18.0. The predicted molar refractivity (Wildman–Crippen MR) is 100 cm³/mol. The maximum absolute atomic E-state index is 12.6. The van der Waals surface area contributed by atoms with Crippen molar-refractivity contribution in [3.05, 3.63) is 41.2 Å². The molecule has 1 aliphatic rings. The van der Waals surface area contributed by atoms with Crippen LogP contribution in [0.15, 0.2) is 24.4 Å². The van der Waals surface area contributed by atoms with Gasteiger partial charge in [0.15, 0.2) is 0 Å². The van der Waals surface area contributed by atoms with Crippen molar-refractivity contribution in [2.24, 2.45) is 0 Å². The summed E-state index contributed by atoms with van der Waals surface area (Å²) in [7, 11) is 2.10. The van der Waals surface area contributed by atoms with Crippen LogP contribution in [0.1, 0.15) is 23.2 Å². The summed E-state index contributed by atoms with van der Waals surface area (Å²) in [6.45, 7) is 9.62. The lowest BCUT2D eigenvalue weighted by molar-refractivity contribution is 0.213. The van der Waals surface area contributed by atoms with E-state index in [4.69, 9.17) is 0 Å². The van der Waals surface area contributed by atoms with E-state index in [1.807, 2.05) is 16.5 Å². The van der Waals surface area contributed by atoms with E-state index in [0.717, 1.165) is 55.2 Å². The number of hydrogen-bond acceptors (Lipinski definition) is 3. The van der Waals surface area contributed by atoms with Gasteiger partial charge in [-0.15, -0.1) is 0 Å². The Hall–Kier alpha value is -2.34. The highest BCUT2D eigenvalue weighted by atomic mass is 16.2. The van der Waals surface area contributed by atoms with Gasteiger partial charge in [0.2, 0.25) is 0 Å². The first-order valence-electron chi connectivity index (χ1n) is 8.82. The normalized spacial score (nSPS) is 15.9. The molecule has 2 amide bonds. The van der Waals surface area contributed by atoms with E-state index in [2.05, 4.69) is 54.4 Å². The molecule has 1 fully saturated rings. The van der Waals surface area contributed by atoms with Crippen molar-refractivity contribution in [1.82, 2.24) is 19.6 Å². The molecule has 1 aromatic carbocycles. The van der Waals surface area contributed by atoms with Crippen LogP contribution in [0.3, 0.4) is 0 Å². The van der Waals surface area contributed by atoms with Gasteiger partial charge in [-0.2, -0.15) is 5.10 Å². The average molecular weight is 341 g/mol. The lowest BCUT2D eigenvalue weighted by Crippen LogP contribution is -2.37. The Balaban J connectivity index is 1.77. The summed E-state index contributed by atoms with van der Waals surface area (Å²) in [5, 5.41) is 7.52. The molecule has 0 saturated carbocycles. The van der Waals surface area contributed by atoms with E-state index in [9.17, 15) is 4.79 Å². The van der Waals surface area contributed by atoms with Gasteiger partial charge in [-0.05, 0) is 58.0 Å². The number of nitrogens with zero attached hydrogens (tertiary/aromatic N) is 4. The summed E-state index contributed by atoms with van der Waals surface area (Å²) in [5.74, 6) is 0. The Morgan fingerprint density at radius 3 is 2.72 bits per heavy atom. The van der Waals surface area contributed by atoms with Gasteiger partial charge in [0, 0.05) is 19.6 Å². The van der Waals surface area contributed by atoms with Crippen LogP contribution in [0.25, 0.3) is 5.69 Å². The monoisotopic (exact) mass is 341 g/mol. The smallest absolute Gasteiger partial charge is 0.321 e. The van der Waals surface area contributed by atoms with Crippen molar-refractivity contribution in [1.29, 1.82) is 0 Å². The lowest BCUT2D eigenvalue weighted by atomic mass is 10.1. The number of carbonyl (C=O) groups is 1. The van der Waals surface area contributed by atoms with Crippen molar-refractivity contribution < 1.29 is 4.79 Å². The standard InChI is InChI=1S/C19H27N5O/c1-14-6-7-15(2)18(12-14)24-16(3)17(13-20-24)21-19(25)23-9-5-8-22(4)10-11-23/h6-7,12-13H,5,8-11H2,1-4H3,(H,21,25). The van der Waals surface area contributed by atoms with Crippen LogP contribution in [-0.2, 0) is 0 Å². The van der Waals surface area contributed by atoms with Gasteiger partial charge in [-0.1, -0.05) is 12.1 Å². The number of nitrogens with one attached hydrogen (secondary N) is 1. The number of rotatable bonds is 2. The fourth-order valence-electron chi connectivity index (χ4n) is 3.17. The van der Waals surface area contributed by atoms with Crippen molar-refractivity contribution in [2.45, 2.75) is 27.2 Å². The first-order chi connectivity index (χ1) is 12.0. The SMILES string of the molecule is Cc1ccc(C)c(-n2ncc(NC(=O)N3CCCN(C)CC3)c2C)c1. The van der Waals surface area contributed by atoms with Crippen LogP contribution in [0.2, 0.25) is 0 Å². The van der Waals surface area contributed by atoms with Crippen LogP contribution >= 0.6 is 0 Å². The van der Waals surface area contributed by atoms with Crippen LogP contribution < -0.4 is 5.32 Å². The van der Waals surface area contributed by atoms with Crippen LogP contribution in [-0.4, -0.2) is 58.8 Å². The second-order valence-corrected chi connectivity index (χ2v) is 6.92. The number of amides is 2. The molecule has 2 heterocycles. The molecule has 0 bridgehead atoms. The molecular formula is C19H27N5O. The third kappa shape index (κ3) is 3.85. The summed E-state index contributed by atoms with van der Waals surface area (Å²) < 4.78 is 1.90. The molecule has 0 aliphatic carbocycles. The highest BCUT2D eigenvalue weighted by Gasteiger charge is 2.19. The summed E-state index contributed by atoms with van der Waals surface area (Å²) in [4.78, 5) is 16.8. The quantitative estimate of drug-likeness (QED) is 0.914. The fourth-order valence-corrected chi connectivity index (χ4v) is 3.17. The molecular weight excluding hydrogens is 314 g/mol. The maximum atomic E-state index is 12.6. The summed E-state index contributed by atoms with van der Waals surface area (Å²) in [6.07, 6.45) is 2.74. The van der Waals surface area contributed by atoms with Crippen molar-refractivity contribution in [3.63, 3.8) is 0 Å². The molecule has 1 aromatic heterocycles. The Labute approximate surface area is 149 Å². The fraction of sp³-hybridized carbons (Fsp3) is 0.474. The molecule has 1 saturated heterocycles. The Morgan fingerprint density at radius 1 is 1.12 bits per heavy atom. The minimum Gasteiger partial charge on any atom is -0.323 e. The molecule has 134 valence electrons. The number of aromatic nitrogens is 2. The van der Waals surface area contributed by atoms with Gasteiger partial charge in [-0.3, -0.25) is 0 Å². The lowest BCUT2D eigenvalue weighted by Gasteiger charge is -2.21. The van der Waals surface area contributed by atoms with E-state index < -0.39 is 0 Å². The van der Waals surface area contributed by atoms with Crippen LogP contribution in [0, 0.1) is 20.8 Å². The van der Waals surface area contributed by atoms with E-state index in [0.29, 0.717) is 0 Å². The molecule has 1 aliphatic heterocycles. The topological polar surface area (TPSA) is 53.4 Å². The third-order valence-corrected chi connectivity index (χ3v) is 4.85. The van der Waals surface area contributed by atoms with E-state index >= 15 is 0 Å². The number of carbonyl (C=O) groups excluding carboxylic acids is 1. The van der Waals surface area contributed by atoms with Gasteiger partial charge in [-0.25, -0.2) is 9.48 Å². The van der Waals surface area contributed by atoms with Gasteiger partial charge < -0.3 is 15.1 Å². The van der Waals surface area contributed by atoms with Gasteiger partial charge in [0.25, 0.3) is 0 Å². The molecule has 2 aromatic rings. The number of likely N-dealkylation sites (N-methyl/N-ethyl adjacent to an activating group) is 1. The zero-order valence-electron chi connectivity index (χ0n) is 15.5. The van der Waals surface area contributed by atoms with Crippen molar-refractivity contribution >= 4 is 11.7 Å². The molecule has 0 unspecified atom stereocenters. The van der Waals surface area contributed by atoms with Gasteiger partial charge >= 0.3 is 6.03 Å².